The van der Waals surface area contributed by atoms with Crippen LogP contribution in [0.25, 0.3) is 0 Å². The maximum atomic E-state index is 11.1. The van der Waals surface area contributed by atoms with Gasteiger partial charge in [0.1, 0.15) is 42.7 Å². The average molecular weight is 611 g/mol. The lowest BCUT2D eigenvalue weighted by atomic mass is 9.49. The van der Waals surface area contributed by atoms with E-state index in [4.69, 9.17) is 23.4 Å². The van der Waals surface area contributed by atoms with Crippen LogP contribution in [0.15, 0.2) is 34.2 Å². The highest BCUT2D eigenvalue weighted by Crippen LogP contribution is 2.61. The van der Waals surface area contributed by atoms with Crippen molar-refractivity contribution in [2.24, 2.45) is 16.7 Å². The lowest BCUT2D eigenvalue weighted by Crippen LogP contribution is -2.65. The molecule has 6 N–H and O–H groups in total. The number of ether oxygens (including phenoxy) is 4. The molecule has 0 aromatic carbocycles. The van der Waals surface area contributed by atoms with Gasteiger partial charge in [0.25, 0.3) is 0 Å². The first-order valence-corrected chi connectivity index (χ1v) is 15.6. The first kappa shape index (κ1) is 33.0. The standard InChI is InChI=1S/C32H50O11/c1-16-6-9-21-31(3,4)22(10-12-32(21,5)19(16)8-7-18-11-13-39-15-18)42-30-28(26(37)24(35)20(14-33)41-30)43-29-27(38)25(36)23(34)17(2)40-29/h11,13,15,17,20-30,33-38H,6-10,12,14H2,1-5H3/t17-,20+,21?,22?,23-,24+,25+,26-,27+,28+,29-,30-,32+/m0/s1. The Morgan fingerprint density at radius 1 is 0.884 bits per heavy atom. The normalized spacial score (nSPS) is 45.2. The zero-order valence-electron chi connectivity index (χ0n) is 25.8. The van der Waals surface area contributed by atoms with Crippen molar-refractivity contribution in [2.45, 2.75) is 141 Å². The molecule has 2 unspecified atom stereocenters. The number of hydrogen-bond acceptors (Lipinski definition) is 11. The Kier molecular flexibility index (Phi) is 9.81. The second-order valence-electron chi connectivity index (χ2n) is 13.9. The molecule has 3 heterocycles. The second-order valence-corrected chi connectivity index (χ2v) is 13.9. The van der Waals surface area contributed by atoms with E-state index in [-0.39, 0.29) is 16.9 Å². The number of aliphatic hydroxyl groups is 6. The zero-order valence-corrected chi connectivity index (χ0v) is 25.8. The van der Waals surface area contributed by atoms with Gasteiger partial charge >= 0.3 is 0 Å². The predicted molar refractivity (Wildman–Crippen MR) is 153 cm³/mol. The van der Waals surface area contributed by atoms with Gasteiger partial charge in [-0.25, -0.2) is 0 Å². The third kappa shape index (κ3) is 6.10. The van der Waals surface area contributed by atoms with Crippen LogP contribution in [0, 0.1) is 16.7 Å². The van der Waals surface area contributed by atoms with E-state index < -0.39 is 68.0 Å². The molecular weight excluding hydrogens is 560 g/mol. The molecule has 43 heavy (non-hydrogen) atoms. The topological polar surface area (TPSA) is 171 Å². The number of rotatable bonds is 8. The molecule has 244 valence electrons. The van der Waals surface area contributed by atoms with Gasteiger partial charge in [0.05, 0.1) is 31.3 Å². The molecule has 0 bridgehead atoms. The SMILES string of the molecule is CC1=C(CCc2ccoc2)[C@@]2(C)CCC(O[C@@H]3O[C@H](CO)[C@@H](O)[C@H](O)[C@H]3O[C@@H]3O[C@@H](C)[C@H](O)[C@@H](O)[C@H]3O)C(C)(C)C2CC1. The van der Waals surface area contributed by atoms with Gasteiger partial charge in [-0.1, -0.05) is 31.9 Å². The number of aliphatic hydroxyl groups excluding tert-OH is 6. The summed E-state index contributed by atoms with van der Waals surface area (Å²) in [6.45, 7) is 10.0. The fourth-order valence-corrected chi connectivity index (χ4v) is 8.27. The maximum Gasteiger partial charge on any atom is 0.187 e. The summed E-state index contributed by atoms with van der Waals surface area (Å²) in [7, 11) is 0. The van der Waals surface area contributed by atoms with Crippen LogP contribution in [-0.4, -0.2) is 105 Å². The molecule has 5 rings (SSSR count). The summed E-state index contributed by atoms with van der Waals surface area (Å²) in [5.74, 6) is 0.301. The molecule has 3 fully saturated rings. The van der Waals surface area contributed by atoms with Gasteiger partial charge < -0.3 is 54.0 Å². The van der Waals surface area contributed by atoms with E-state index in [1.165, 1.54) is 23.6 Å². The van der Waals surface area contributed by atoms with Gasteiger partial charge in [0.15, 0.2) is 12.6 Å². The Morgan fingerprint density at radius 3 is 2.30 bits per heavy atom. The molecule has 2 aliphatic carbocycles. The lowest BCUT2D eigenvalue weighted by molar-refractivity contribution is -0.375. The number of fused-ring (bicyclic) bond motifs is 1. The van der Waals surface area contributed by atoms with E-state index in [2.05, 4.69) is 27.7 Å². The minimum Gasteiger partial charge on any atom is -0.472 e. The smallest absolute Gasteiger partial charge is 0.187 e. The summed E-state index contributed by atoms with van der Waals surface area (Å²) in [6.07, 6.45) is -4.72. The minimum absolute atomic E-state index is 0.0186. The molecule has 1 saturated carbocycles. The van der Waals surface area contributed by atoms with E-state index in [0.29, 0.717) is 12.3 Å². The largest absolute Gasteiger partial charge is 0.472 e. The maximum absolute atomic E-state index is 11.1. The van der Waals surface area contributed by atoms with Crippen LogP contribution >= 0.6 is 0 Å². The van der Waals surface area contributed by atoms with Crippen molar-refractivity contribution in [3.8, 4) is 0 Å². The van der Waals surface area contributed by atoms with Crippen molar-refractivity contribution in [2.75, 3.05) is 6.61 Å². The number of hydrogen-bond donors (Lipinski definition) is 6. The average Bonchev–Trinajstić information content (AvgIpc) is 3.48. The summed E-state index contributed by atoms with van der Waals surface area (Å²) in [5, 5.41) is 62.6. The number of aryl methyl sites for hydroxylation is 1. The van der Waals surface area contributed by atoms with Crippen LogP contribution in [0.4, 0.5) is 0 Å². The van der Waals surface area contributed by atoms with Crippen LogP contribution < -0.4 is 0 Å². The highest BCUT2D eigenvalue weighted by atomic mass is 16.8. The van der Waals surface area contributed by atoms with Crippen LogP contribution in [0.5, 0.6) is 0 Å². The molecule has 0 spiro atoms. The van der Waals surface area contributed by atoms with E-state index >= 15 is 0 Å². The molecular formula is C32H50O11. The quantitative estimate of drug-likeness (QED) is 0.237. The van der Waals surface area contributed by atoms with Gasteiger partial charge in [0.2, 0.25) is 0 Å². The lowest BCUT2D eigenvalue weighted by Gasteiger charge is -2.58. The first-order chi connectivity index (χ1) is 20.3. The third-order valence-corrected chi connectivity index (χ3v) is 10.9. The Balaban J connectivity index is 1.35. The number of allylic oxidation sites excluding steroid dienone is 2. The molecule has 2 aliphatic heterocycles. The fraction of sp³-hybridized carbons (Fsp3) is 0.812. The summed E-state index contributed by atoms with van der Waals surface area (Å²) >= 11 is 0. The molecule has 13 atom stereocenters. The summed E-state index contributed by atoms with van der Waals surface area (Å²) < 4.78 is 29.5. The van der Waals surface area contributed by atoms with Crippen LogP contribution in [0.3, 0.4) is 0 Å². The summed E-state index contributed by atoms with van der Waals surface area (Å²) in [5.41, 5.74) is 3.81. The first-order valence-electron chi connectivity index (χ1n) is 15.6. The Morgan fingerprint density at radius 2 is 1.63 bits per heavy atom. The van der Waals surface area contributed by atoms with Gasteiger partial charge in [0, 0.05) is 0 Å². The fourth-order valence-electron chi connectivity index (χ4n) is 8.27. The van der Waals surface area contributed by atoms with E-state index in [1.807, 2.05) is 12.3 Å². The highest BCUT2D eigenvalue weighted by molar-refractivity contribution is 5.29. The predicted octanol–water partition coefficient (Wildman–Crippen LogP) is 1.80. The van der Waals surface area contributed by atoms with E-state index in [1.54, 1.807) is 6.26 Å². The van der Waals surface area contributed by atoms with E-state index in [0.717, 1.165) is 32.1 Å². The van der Waals surface area contributed by atoms with Gasteiger partial charge in [-0.2, -0.15) is 0 Å². The van der Waals surface area contributed by atoms with Crippen LogP contribution in [-0.2, 0) is 25.4 Å². The Hall–Kier alpha value is -1.38. The van der Waals surface area contributed by atoms with Crippen LogP contribution in [0.1, 0.15) is 72.3 Å². The van der Waals surface area contributed by atoms with Crippen LogP contribution in [0.2, 0.25) is 0 Å². The molecule has 11 nitrogen and oxygen atoms in total. The second kappa shape index (κ2) is 12.8. The molecule has 1 aromatic rings. The Bertz CT molecular complexity index is 1100. The molecule has 2 saturated heterocycles. The van der Waals surface area contributed by atoms with E-state index in [9.17, 15) is 30.6 Å². The molecule has 1 aromatic heterocycles. The Labute approximate surface area is 253 Å². The van der Waals surface area contributed by atoms with Gasteiger partial charge in [-0.05, 0) is 80.8 Å². The van der Waals surface area contributed by atoms with Crippen molar-refractivity contribution >= 4 is 0 Å². The highest BCUT2D eigenvalue weighted by Gasteiger charge is 2.57. The molecule has 0 amide bonds. The zero-order chi connectivity index (χ0) is 31.3. The van der Waals surface area contributed by atoms with Crippen molar-refractivity contribution in [3.63, 3.8) is 0 Å². The minimum atomic E-state index is -1.61. The number of furan rings is 1. The van der Waals surface area contributed by atoms with Crippen molar-refractivity contribution < 1.29 is 54.0 Å². The summed E-state index contributed by atoms with van der Waals surface area (Å²) in [6, 6.07) is 2.02. The molecule has 0 radical (unpaired) electrons. The van der Waals surface area contributed by atoms with Gasteiger partial charge in [-0.15, -0.1) is 0 Å². The third-order valence-electron chi connectivity index (χ3n) is 10.9. The molecule has 11 heteroatoms. The van der Waals surface area contributed by atoms with Gasteiger partial charge in [-0.3, -0.25) is 0 Å². The van der Waals surface area contributed by atoms with Crippen molar-refractivity contribution in [3.05, 3.63) is 35.3 Å². The molecule has 4 aliphatic rings. The van der Waals surface area contributed by atoms with Crippen molar-refractivity contribution in [1.82, 2.24) is 0 Å². The monoisotopic (exact) mass is 610 g/mol. The van der Waals surface area contributed by atoms with Crippen molar-refractivity contribution in [1.29, 1.82) is 0 Å². The summed E-state index contributed by atoms with van der Waals surface area (Å²) in [4.78, 5) is 0.